The average Bonchev–Trinajstić information content (AvgIpc) is 2.82. The first kappa shape index (κ1) is 26.2. The molecule has 0 unspecified atom stereocenters. The molecule has 0 fully saturated rings. The fourth-order valence-electron chi connectivity index (χ4n) is 3.35. The van der Waals surface area contributed by atoms with E-state index in [0.717, 1.165) is 16.8 Å². The Morgan fingerprint density at radius 2 is 1.19 bits per heavy atom. The number of ether oxygens (including phenoxy) is 1. The lowest BCUT2D eigenvalue weighted by Gasteiger charge is -2.12. The van der Waals surface area contributed by atoms with Crippen molar-refractivity contribution in [2.75, 3.05) is 44.6 Å². The molecular formula is C27H28N2O7. The maximum absolute atomic E-state index is 11.7. The van der Waals surface area contributed by atoms with Crippen molar-refractivity contribution in [1.82, 2.24) is 0 Å². The highest BCUT2D eigenvalue weighted by Crippen LogP contribution is 2.21. The number of ketones is 1. The second-order valence-corrected chi connectivity index (χ2v) is 8.40. The molecule has 0 saturated carbocycles. The number of Topliss-reactive ketones (excluding diaryl/α,β-unsaturated/α-hetero) is 1. The highest BCUT2D eigenvalue weighted by atomic mass is 16.5. The van der Waals surface area contributed by atoms with Gasteiger partial charge in [0.05, 0.1) is 6.61 Å². The second-order valence-electron chi connectivity index (χ2n) is 8.40. The second kappa shape index (κ2) is 10.9. The van der Waals surface area contributed by atoms with Gasteiger partial charge in [0, 0.05) is 62.5 Å². The molecule has 188 valence electrons. The molecule has 0 aliphatic rings. The number of fused-ring (bicyclic) bond motifs is 2. The number of anilines is 2. The highest BCUT2D eigenvalue weighted by Gasteiger charge is 2.15. The third-order valence-electron chi connectivity index (χ3n) is 5.35. The van der Waals surface area contributed by atoms with Gasteiger partial charge in [-0.15, -0.1) is 0 Å². The molecule has 2 aromatic carbocycles. The zero-order chi connectivity index (χ0) is 26.6. The van der Waals surface area contributed by atoms with Crippen LogP contribution in [0.4, 0.5) is 11.4 Å². The Morgan fingerprint density at radius 1 is 0.750 bits per heavy atom. The van der Waals surface area contributed by atoms with E-state index in [0.29, 0.717) is 16.6 Å². The zero-order valence-corrected chi connectivity index (χ0v) is 21.1. The Hall–Kier alpha value is -4.40. The van der Waals surface area contributed by atoms with Crippen LogP contribution in [0.1, 0.15) is 34.6 Å². The molecule has 0 amide bonds. The van der Waals surface area contributed by atoms with E-state index in [1.807, 2.05) is 56.2 Å². The minimum absolute atomic E-state index is 0.0769. The van der Waals surface area contributed by atoms with Crippen molar-refractivity contribution in [2.24, 2.45) is 0 Å². The van der Waals surface area contributed by atoms with E-state index in [4.69, 9.17) is 13.6 Å². The van der Waals surface area contributed by atoms with Crippen molar-refractivity contribution in [3.63, 3.8) is 0 Å². The number of carbonyl (C=O) groups is 2. The van der Waals surface area contributed by atoms with Crippen LogP contribution in [0, 0.1) is 0 Å². The summed E-state index contributed by atoms with van der Waals surface area (Å²) in [4.78, 5) is 49.9. The van der Waals surface area contributed by atoms with Gasteiger partial charge in [-0.3, -0.25) is 4.79 Å². The van der Waals surface area contributed by atoms with E-state index in [1.165, 1.54) is 13.0 Å². The lowest BCUT2D eigenvalue weighted by atomic mass is 10.1. The van der Waals surface area contributed by atoms with Gasteiger partial charge in [0.15, 0.2) is 5.78 Å². The van der Waals surface area contributed by atoms with Crippen molar-refractivity contribution >= 4 is 45.1 Å². The predicted octanol–water partition coefficient (Wildman–Crippen LogP) is 4.10. The smallest absolute Gasteiger partial charge is 0.351 e. The monoisotopic (exact) mass is 492 g/mol. The van der Waals surface area contributed by atoms with E-state index in [9.17, 15) is 19.2 Å². The van der Waals surface area contributed by atoms with Gasteiger partial charge in [-0.05, 0) is 50.2 Å². The number of hydrogen-bond donors (Lipinski definition) is 0. The number of nitrogens with zero attached hydrogens (tertiary/aromatic N) is 2. The van der Waals surface area contributed by atoms with Crippen molar-refractivity contribution in [1.29, 1.82) is 0 Å². The maximum atomic E-state index is 11.7. The quantitative estimate of drug-likeness (QED) is 0.231. The van der Waals surface area contributed by atoms with Crippen molar-refractivity contribution in [3.05, 3.63) is 80.5 Å². The van der Waals surface area contributed by atoms with Gasteiger partial charge < -0.3 is 23.4 Å². The Kier molecular flexibility index (Phi) is 7.93. The summed E-state index contributed by atoms with van der Waals surface area (Å²) >= 11 is 0. The molecule has 2 heterocycles. The van der Waals surface area contributed by atoms with Gasteiger partial charge in [-0.2, -0.15) is 0 Å². The van der Waals surface area contributed by atoms with E-state index >= 15 is 0 Å². The van der Waals surface area contributed by atoms with Crippen LogP contribution in [0.5, 0.6) is 0 Å². The molecule has 0 radical (unpaired) electrons. The molecule has 0 aliphatic carbocycles. The summed E-state index contributed by atoms with van der Waals surface area (Å²) in [7, 11) is 7.60. The van der Waals surface area contributed by atoms with Gasteiger partial charge in [-0.25, -0.2) is 14.4 Å². The number of carbonyl (C=O) groups excluding carboxylic acids is 2. The summed E-state index contributed by atoms with van der Waals surface area (Å²) in [6.45, 7) is 3.26. The maximum Gasteiger partial charge on any atom is 0.351 e. The van der Waals surface area contributed by atoms with Crippen LogP contribution >= 0.6 is 0 Å². The van der Waals surface area contributed by atoms with E-state index in [-0.39, 0.29) is 23.5 Å². The summed E-state index contributed by atoms with van der Waals surface area (Å²) in [5, 5.41) is 1.44. The lowest BCUT2D eigenvalue weighted by Crippen LogP contribution is -2.16. The number of benzene rings is 2. The summed E-state index contributed by atoms with van der Waals surface area (Å²) in [6.07, 6.45) is 0. The Labute approximate surface area is 207 Å². The van der Waals surface area contributed by atoms with Gasteiger partial charge in [0.1, 0.15) is 22.3 Å². The van der Waals surface area contributed by atoms with Crippen LogP contribution in [0.15, 0.2) is 67.0 Å². The fourth-order valence-corrected chi connectivity index (χ4v) is 3.35. The molecule has 36 heavy (non-hydrogen) atoms. The lowest BCUT2D eigenvalue weighted by molar-refractivity contribution is 0.0521. The summed E-state index contributed by atoms with van der Waals surface area (Å²) in [6, 6.07) is 14.0. The van der Waals surface area contributed by atoms with Gasteiger partial charge in [0.2, 0.25) is 0 Å². The molecule has 0 bridgehead atoms. The topological polar surface area (TPSA) is 110 Å². The Balaban J connectivity index is 0.000000202. The molecule has 9 nitrogen and oxygen atoms in total. The SMILES string of the molecule is CC(=O)c1cc2ccc(N(C)C)cc2oc1=O.CCOC(=O)c1cc2ccc(N(C)C)cc2oc1=O. The van der Waals surface area contributed by atoms with Crippen molar-refractivity contribution in [3.8, 4) is 0 Å². The molecule has 2 aromatic heterocycles. The summed E-state index contributed by atoms with van der Waals surface area (Å²) in [5.74, 6) is -0.938. The normalized spacial score (nSPS) is 10.5. The molecule has 9 heteroatoms. The fraction of sp³-hybridized carbons (Fsp3) is 0.259. The van der Waals surface area contributed by atoms with Gasteiger partial charge >= 0.3 is 17.2 Å². The first-order valence-electron chi connectivity index (χ1n) is 11.2. The van der Waals surface area contributed by atoms with Crippen molar-refractivity contribution < 1.29 is 23.2 Å². The third-order valence-corrected chi connectivity index (χ3v) is 5.35. The molecule has 4 aromatic rings. The van der Waals surface area contributed by atoms with E-state index in [1.54, 1.807) is 31.2 Å². The zero-order valence-electron chi connectivity index (χ0n) is 21.1. The first-order valence-corrected chi connectivity index (χ1v) is 11.2. The van der Waals surface area contributed by atoms with Crippen LogP contribution in [0.3, 0.4) is 0 Å². The van der Waals surface area contributed by atoms with Crippen LogP contribution < -0.4 is 21.1 Å². The van der Waals surface area contributed by atoms with E-state index in [2.05, 4.69) is 0 Å². The number of esters is 1. The molecule has 0 atom stereocenters. The van der Waals surface area contributed by atoms with Crippen LogP contribution in [0.25, 0.3) is 21.9 Å². The van der Waals surface area contributed by atoms with E-state index < -0.39 is 17.2 Å². The third kappa shape index (κ3) is 5.80. The molecule has 0 N–H and O–H groups in total. The Morgan fingerprint density at radius 3 is 1.61 bits per heavy atom. The minimum Gasteiger partial charge on any atom is -0.462 e. The van der Waals surface area contributed by atoms with Crippen molar-refractivity contribution in [2.45, 2.75) is 13.8 Å². The minimum atomic E-state index is -0.679. The summed E-state index contributed by atoms with van der Waals surface area (Å²) < 4.78 is 15.1. The van der Waals surface area contributed by atoms with Crippen LogP contribution in [-0.2, 0) is 4.74 Å². The molecule has 4 rings (SSSR count). The molecule has 0 saturated heterocycles. The largest absolute Gasteiger partial charge is 0.462 e. The molecule has 0 aliphatic heterocycles. The van der Waals surface area contributed by atoms with Gasteiger partial charge in [-0.1, -0.05) is 0 Å². The highest BCUT2D eigenvalue weighted by molar-refractivity contribution is 5.97. The molecule has 0 spiro atoms. The standard InChI is InChI=1S/C14H15NO4.C13H13NO3/c1-4-18-13(16)11-7-9-5-6-10(15(2)3)8-12(9)19-14(11)17;1-8(15)11-6-9-4-5-10(14(2)3)7-12(9)17-13(11)16/h5-8H,4H2,1-3H3;4-7H,1-3H3. The molecular weight excluding hydrogens is 464 g/mol. The average molecular weight is 493 g/mol. The summed E-state index contributed by atoms with van der Waals surface area (Å²) in [5.41, 5.74) is 1.55. The first-order chi connectivity index (χ1) is 17.0. The predicted molar refractivity (Wildman–Crippen MR) is 140 cm³/mol. The van der Waals surface area contributed by atoms with Gasteiger partial charge in [0.25, 0.3) is 0 Å². The number of hydrogen-bond acceptors (Lipinski definition) is 9. The Bertz CT molecular complexity index is 1550. The van der Waals surface area contributed by atoms with Crippen LogP contribution in [-0.4, -0.2) is 46.6 Å². The van der Waals surface area contributed by atoms with Crippen LogP contribution in [0.2, 0.25) is 0 Å². The number of rotatable bonds is 5.